The second kappa shape index (κ2) is 6.69. The highest BCUT2D eigenvalue weighted by Crippen LogP contribution is 2.15. The van der Waals surface area contributed by atoms with E-state index in [0.29, 0.717) is 6.04 Å². The molecule has 0 bridgehead atoms. The van der Waals surface area contributed by atoms with Crippen LogP contribution in [0.4, 0.5) is 0 Å². The molecule has 102 valence electrons. The monoisotopic (exact) mass is 243 g/mol. The Balaban J connectivity index is 2.21. The first kappa shape index (κ1) is 14.9. The molecule has 1 aliphatic heterocycles. The van der Waals surface area contributed by atoms with Crippen molar-refractivity contribution in [2.45, 2.75) is 32.4 Å². The molecule has 4 nitrogen and oxygen atoms in total. The molecule has 1 heterocycles. The van der Waals surface area contributed by atoms with Crippen molar-refractivity contribution in [3.05, 3.63) is 0 Å². The smallest absolute Gasteiger partial charge is 0.0902 e. The second-order valence-electron chi connectivity index (χ2n) is 5.64. The highest BCUT2D eigenvalue weighted by molar-refractivity contribution is 4.90. The average Bonchev–Trinajstić information content (AvgIpc) is 2.20. The number of hydrogen-bond donors (Lipinski definition) is 1. The third-order valence-corrected chi connectivity index (χ3v) is 3.49. The summed E-state index contributed by atoms with van der Waals surface area (Å²) in [4.78, 5) is 4.72. The lowest BCUT2D eigenvalue weighted by Gasteiger charge is -2.40. The van der Waals surface area contributed by atoms with Gasteiger partial charge in [0.05, 0.1) is 12.2 Å². The molecule has 0 spiro atoms. The van der Waals surface area contributed by atoms with Gasteiger partial charge in [-0.3, -0.25) is 4.90 Å². The van der Waals surface area contributed by atoms with Crippen molar-refractivity contribution in [2.75, 3.05) is 53.4 Å². The third-order valence-electron chi connectivity index (χ3n) is 3.49. The Kier molecular flexibility index (Phi) is 5.86. The lowest BCUT2D eigenvalue weighted by Crippen LogP contribution is -2.59. The summed E-state index contributed by atoms with van der Waals surface area (Å²) in [6.45, 7) is 12.7. The van der Waals surface area contributed by atoms with Crippen molar-refractivity contribution in [1.82, 2.24) is 15.1 Å². The first-order valence-corrected chi connectivity index (χ1v) is 6.70. The molecule has 1 rings (SSSR count). The van der Waals surface area contributed by atoms with E-state index in [1.54, 1.807) is 0 Å². The summed E-state index contributed by atoms with van der Waals surface area (Å²) in [5, 5.41) is 3.26. The summed E-state index contributed by atoms with van der Waals surface area (Å²) in [6.07, 6.45) is 0. The van der Waals surface area contributed by atoms with E-state index >= 15 is 0 Å². The summed E-state index contributed by atoms with van der Waals surface area (Å²) in [7, 11) is 4.25. The van der Waals surface area contributed by atoms with Gasteiger partial charge >= 0.3 is 0 Å². The molecule has 1 fully saturated rings. The predicted molar refractivity (Wildman–Crippen MR) is 72.5 cm³/mol. The van der Waals surface area contributed by atoms with Crippen LogP contribution in [-0.4, -0.2) is 74.9 Å². The maximum Gasteiger partial charge on any atom is 0.0902 e. The normalized spacial score (nSPS) is 20.6. The number of hydrogen-bond acceptors (Lipinski definition) is 4. The van der Waals surface area contributed by atoms with Crippen LogP contribution in [-0.2, 0) is 4.74 Å². The van der Waals surface area contributed by atoms with Gasteiger partial charge < -0.3 is 15.0 Å². The zero-order valence-corrected chi connectivity index (χ0v) is 12.1. The third kappa shape index (κ3) is 4.92. The lowest BCUT2D eigenvalue weighted by molar-refractivity contribution is -0.0741. The number of ether oxygens (including phenoxy) is 1. The molecule has 1 aliphatic rings. The van der Waals surface area contributed by atoms with Gasteiger partial charge in [0.15, 0.2) is 0 Å². The summed E-state index contributed by atoms with van der Waals surface area (Å²) in [5.41, 5.74) is 0.0875. The van der Waals surface area contributed by atoms with Crippen LogP contribution in [0.2, 0.25) is 0 Å². The lowest BCUT2D eigenvalue weighted by atomic mass is 10.0. The molecule has 1 N–H and O–H groups in total. The van der Waals surface area contributed by atoms with Crippen molar-refractivity contribution in [3.63, 3.8) is 0 Å². The van der Waals surface area contributed by atoms with Crippen LogP contribution >= 0.6 is 0 Å². The van der Waals surface area contributed by atoms with E-state index < -0.39 is 0 Å². The Hall–Kier alpha value is -0.160. The molecular weight excluding hydrogens is 214 g/mol. The van der Waals surface area contributed by atoms with Gasteiger partial charge in [-0.15, -0.1) is 0 Å². The van der Waals surface area contributed by atoms with Gasteiger partial charge in [0.1, 0.15) is 0 Å². The standard InChI is InChI=1S/C13H29N3O/c1-6-16(12(2)9-15(4)5)7-8-17-13(3)10-14-11-13/h12,14H,6-11H2,1-5H3. The van der Waals surface area contributed by atoms with Crippen LogP contribution < -0.4 is 5.32 Å². The quantitative estimate of drug-likeness (QED) is 0.677. The summed E-state index contributed by atoms with van der Waals surface area (Å²) < 4.78 is 5.94. The van der Waals surface area contributed by atoms with Crippen molar-refractivity contribution in [2.24, 2.45) is 0 Å². The fourth-order valence-electron chi connectivity index (χ4n) is 2.32. The minimum atomic E-state index is 0.0875. The largest absolute Gasteiger partial charge is 0.371 e. The van der Waals surface area contributed by atoms with Crippen LogP contribution in [0.5, 0.6) is 0 Å². The van der Waals surface area contributed by atoms with Crippen molar-refractivity contribution in [1.29, 1.82) is 0 Å². The molecule has 0 amide bonds. The fourth-order valence-corrected chi connectivity index (χ4v) is 2.32. The van der Waals surface area contributed by atoms with E-state index in [4.69, 9.17) is 4.74 Å². The van der Waals surface area contributed by atoms with E-state index in [0.717, 1.165) is 39.3 Å². The van der Waals surface area contributed by atoms with Gasteiger partial charge in [-0.05, 0) is 34.5 Å². The van der Waals surface area contributed by atoms with Crippen LogP contribution in [0.25, 0.3) is 0 Å². The Morgan fingerprint density at radius 2 is 2.00 bits per heavy atom. The van der Waals surface area contributed by atoms with Gasteiger partial charge in [-0.25, -0.2) is 0 Å². The molecule has 4 heteroatoms. The maximum atomic E-state index is 5.94. The number of nitrogens with one attached hydrogen (secondary N) is 1. The van der Waals surface area contributed by atoms with Gasteiger partial charge in [0, 0.05) is 32.2 Å². The Morgan fingerprint density at radius 3 is 2.41 bits per heavy atom. The second-order valence-corrected chi connectivity index (χ2v) is 5.64. The predicted octanol–water partition coefficient (Wildman–Crippen LogP) is 0.637. The minimum Gasteiger partial charge on any atom is -0.371 e. The molecule has 0 saturated carbocycles. The molecule has 0 aromatic heterocycles. The van der Waals surface area contributed by atoms with Gasteiger partial charge in [0.25, 0.3) is 0 Å². The molecule has 0 aromatic carbocycles. The molecule has 17 heavy (non-hydrogen) atoms. The Labute approximate surface area is 106 Å². The van der Waals surface area contributed by atoms with Gasteiger partial charge in [-0.2, -0.15) is 0 Å². The van der Waals surface area contributed by atoms with Crippen LogP contribution in [0.15, 0.2) is 0 Å². The van der Waals surface area contributed by atoms with Crippen molar-refractivity contribution < 1.29 is 4.74 Å². The molecule has 0 aliphatic carbocycles. The average molecular weight is 243 g/mol. The van der Waals surface area contributed by atoms with Crippen LogP contribution in [0.1, 0.15) is 20.8 Å². The Morgan fingerprint density at radius 1 is 1.35 bits per heavy atom. The zero-order valence-electron chi connectivity index (χ0n) is 12.1. The highest BCUT2D eigenvalue weighted by atomic mass is 16.5. The molecule has 1 atom stereocenters. The van der Waals surface area contributed by atoms with Gasteiger partial charge in [0.2, 0.25) is 0 Å². The van der Waals surface area contributed by atoms with E-state index in [1.807, 2.05) is 0 Å². The van der Waals surface area contributed by atoms with Crippen LogP contribution in [0, 0.1) is 0 Å². The van der Waals surface area contributed by atoms with E-state index in [9.17, 15) is 0 Å². The van der Waals surface area contributed by atoms with Gasteiger partial charge in [-0.1, -0.05) is 6.92 Å². The SMILES string of the molecule is CCN(CCOC1(C)CNC1)C(C)CN(C)C. The molecule has 0 radical (unpaired) electrons. The molecule has 1 unspecified atom stereocenters. The van der Waals surface area contributed by atoms with Crippen LogP contribution in [0.3, 0.4) is 0 Å². The van der Waals surface area contributed by atoms with E-state index in [2.05, 4.69) is 50.0 Å². The van der Waals surface area contributed by atoms with Crippen molar-refractivity contribution >= 4 is 0 Å². The summed E-state index contributed by atoms with van der Waals surface area (Å²) >= 11 is 0. The topological polar surface area (TPSA) is 27.7 Å². The molecular formula is C13H29N3O. The Bertz CT molecular complexity index is 217. The summed E-state index contributed by atoms with van der Waals surface area (Å²) in [5.74, 6) is 0. The number of nitrogens with zero attached hydrogens (tertiary/aromatic N) is 2. The first-order chi connectivity index (χ1) is 7.97. The molecule has 1 saturated heterocycles. The first-order valence-electron chi connectivity index (χ1n) is 6.70. The maximum absolute atomic E-state index is 5.94. The molecule has 0 aromatic rings. The number of rotatable bonds is 8. The highest BCUT2D eigenvalue weighted by Gasteiger charge is 2.32. The zero-order chi connectivity index (χ0) is 12.9. The van der Waals surface area contributed by atoms with E-state index in [1.165, 1.54) is 0 Å². The minimum absolute atomic E-state index is 0.0875. The van der Waals surface area contributed by atoms with Crippen molar-refractivity contribution in [3.8, 4) is 0 Å². The number of likely N-dealkylation sites (N-methyl/N-ethyl adjacent to an activating group) is 2. The van der Waals surface area contributed by atoms with E-state index in [-0.39, 0.29) is 5.60 Å². The fraction of sp³-hybridized carbons (Fsp3) is 1.00. The summed E-state index contributed by atoms with van der Waals surface area (Å²) in [6, 6.07) is 0.589.